The van der Waals surface area contributed by atoms with E-state index in [4.69, 9.17) is 27.4 Å². The maximum absolute atomic E-state index is 12.7. The van der Waals surface area contributed by atoms with Gasteiger partial charge in [0.05, 0.1) is 13.0 Å². The van der Waals surface area contributed by atoms with Crippen LogP contribution in [0.2, 0.25) is 0 Å². The minimum atomic E-state index is -1.69. The van der Waals surface area contributed by atoms with Crippen LogP contribution in [0.1, 0.15) is 38.5 Å². The Hall–Kier alpha value is -3.30. The standard InChI is InChI=1S/C18H32N6O9/c19-6-2-1-3-10(22-15(29)9(20)8-25)16(30)24-12(7-14(27)28)17(31)23-11(18(32)33)4-5-13(21)26/h9-12,25H,1-8,19-20H2,(H2,21,26)(H,22,29)(H,23,31)(H,24,30)(H,27,28)(H,32,33). The molecule has 15 heteroatoms. The van der Waals surface area contributed by atoms with Crippen LogP contribution < -0.4 is 33.2 Å². The smallest absolute Gasteiger partial charge is 0.326 e. The summed E-state index contributed by atoms with van der Waals surface area (Å²) in [6.45, 7) is -0.376. The summed E-state index contributed by atoms with van der Waals surface area (Å²) < 4.78 is 0. The van der Waals surface area contributed by atoms with Crippen LogP contribution in [-0.4, -0.2) is 88.2 Å². The summed E-state index contributed by atoms with van der Waals surface area (Å²) in [7, 11) is 0. The van der Waals surface area contributed by atoms with Crippen molar-refractivity contribution in [1.82, 2.24) is 16.0 Å². The van der Waals surface area contributed by atoms with Gasteiger partial charge >= 0.3 is 11.9 Å². The van der Waals surface area contributed by atoms with Crippen molar-refractivity contribution in [2.45, 2.75) is 62.7 Å². The Morgan fingerprint density at radius 3 is 1.82 bits per heavy atom. The molecular weight excluding hydrogens is 444 g/mol. The maximum Gasteiger partial charge on any atom is 0.326 e. The summed E-state index contributed by atoms with van der Waals surface area (Å²) in [6, 6.07) is -5.78. The van der Waals surface area contributed by atoms with Crippen LogP contribution in [0.3, 0.4) is 0 Å². The SMILES string of the molecule is NCCCCC(NC(=O)C(N)CO)C(=O)NC(CC(=O)O)C(=O)NC(CCC(N)=O)C(=O)O. The van der Waals surface area contributed by atoms with E-state index in [1.54, 1.807) is 0 Å². The molecule has 0 radical (unpaired) electrons. The molecule has 0 aromatic rings. The van der Waals surface area contributed by atoms with E-state index >= 15 is 0 Å². The molecule has 0 spiro atoms. The number of hydrogen-bond donors (Lipinski definition) is 9. The third-order valence-corrected chi connectivity index (χ3v) is 4.42. The zero-order chi connectivity index (χ0) is 25.6. The zero-order valence-electron chi connectivity index (χ0n) is 18.0. The fourth-order valence-electron chi connectivity index (χ4n) is 2.60. The normalized spacial score (nSPS) is 14.3. The largest absolute Gasteiger partial charge is 0.481 e. The Balaban J connectivity index is 5.47. The number of carboxylic acids is 2. The summed E-state index contributed by atoms with van der Waals surface area (Å²) in [6.07, 6.45) is -0.614. The fourth-order valence-corrected chi connectivity index (χ4v) is 2.60. The van der Waals surface area contributed by atoms with Gasteiger partial charge in [0.1, 0.15) is 24.2 Å². The van der Waals surface area contributed by atoms with Gasteiger partial charge in [-0.3, -0.25) is 24.0 Å². The molecular formula is C18H32N6O9. The number of rotatable bonds is 17. The second-order valence-electron chi connectivity index (χ2n) is 7.20. The van der Waals surface area contributed by atoms with Crippen LogP contribution in [-0.2, 0) is 28.8 Å². The number of primary amides is 1. The average Bonchev–Trinajstić information content (AvgIpc) is 2.73. The van der Waals surface area contributed by atoms with Crippen molar-refractivity contribution in [3.8, 4) is 0 Å². The lowest BCUT2D eigenvalue weighted by molar-refractivity contribution is -0.144. The first kappa shape index (κ1) is 29.7. The van der Waals surface area contributed by atoms with E-state index in [9.17, 15) is 33.9 Å². The van der Waals surface area contributed by atoms with Crippen LogP contribution >= 0.6 is 0 Å². The van der Waals surface area contributed by atoms with Crippen LogP contribution in [0.15, 0.2) is 0 Å². The number of nitrogens with two attached hydrogens (primary N) is 3. The molecule has 188 valence electrons. The number of carbonyl (C=O) groups is 6. The van der Waals surface area contributed by atoms with E-state index in [1.165, 1.54) is 0 Å². The Bertz CT molecular complexity index is 718. The van der Waals surface area contributed by atoms with Gasteiger partial charge in [-0.1, -0.05) is 0 Å². The van der Waals surface area contributed by atoms with Crippen molar-refractivity contribution < 1.29 is 44.1 Å². The van der Waals surface area contributed by atoms with Crippen molar-refractivity contribution in [3.05, 3.63) is 0 Å². The van der Waals surface area contributed by atoms with Gasteiger partial charge in [-0.2, -0.15) is 0 Å². The van der Waals surface area contributed by atoms with Gasteiger partial charge in [-0.25, -0.2) is 4.79 Å². The molecule has 0 fully saturated rings. The van der Waals surface area contributed by atoms with E-state index in [0.29, 0.717) is 19.4 Å². The summed E-state index contributed by atoms with van der Waals surface area (Å²) in [5.41, 5.74) is 15.8. The molecule has 0 aliphatic rings. The Labute approximate surface area is 189 Å². The van der Waals surface area contributed by atoms with Crippen LogP contribution in [0, 0.1) is 0 Å². The molecule has 0 heterocycles. The quantitative estimate of drug-likeness (QED) is 0.0905. The minimum Gasteiger partial charge on any atom is -0.481 e. The highest BCUT2D eigenvalue weighted by atomic mass is 16.4. The molecule has 0 saturated heterocycles. The lowest BCUT2D eigenvalue weighted by Gasteiger charge is -2.24. The average molecular weight is 476 g/mol. The summed E-state index contributed by atoms with van der Waals surface area (Å²) in [5.74, 6) is -6.65. The van der Waals surface area contributed by atoms with Gasteiger partial charge in [-0.05, 0) is 32.2 Å². The zero-order valence-corrected chi connectivity index (χ0v) is 18.0. The number of carbonyl (C=O) groups excluding carboxylic acids is 4. The second kappa shape index (κ2) is 15.5. The monoisotopic (exact) mass is 476 g/mol. The third kappa shape index (κ3) is 12.4. The Kier molecular flexibility index (Phi) is 13.9. The van der Waals surface area contributed by atoms with E-state index < -0.39 is 72.8 Å². The van der Waals surface area contributed by atoms with Gasteiger partial charge in [0.2, 0.25) is 23.6 Å². The number of hydrogen-bond acceptors (Lipinski definition) is 9. The van der Waals surface area contributed by atoms with Crippen molar-refractivity contribution in [1.29, 1.82) is 0 Å². The Morgan fingerprint density at radius 2 is 1.33 bits per heavy atom. The van der Waals surface area contributed by atoms with E-state index in [2.05, 4.69) is 16.0 Å². The van der Waals surface area contributed by atoms with E-state index in [1.807, 2.05) is 0 Å². The number of amides is 4. The fraction of sp³-hybridized carbons (Fsp3) is 0.667. The van der Waals surface area contributed by atoms with Crippen LogP contribution in [0.25, 0.3) is 0 Å². The molecule has 0 aliphatic carbocycles. The van der Waals surface area contributed by atoms with Crippen LogP contribution in [0.4, 0.5) is 0 Å². The molecule has 0 rings (SSSR count). The first-order valence-electron chi connectivity index (χ1n) is 10.1. The highest BCUT2D eigenvalue weighted by molar-refractivity contribution is 5.95. The molecule has 4 unspecified atom stereocenters. The topological polar surface area (TPSA) is 277 Å². The Morgan fingerprint density at radius 1 is 0.788 bits per heavy atom. The first-order chi connectivity index (χ1) is 15.4. The third-order valence-electron chi connectivity index (χ3n) is 4.42. The van der Waals surface area contributed by atoms with Gasteiger partial charge in [0.15, 0.2) is 0 Å². The number of nitrogens with one attached hydrogen (secondary N) is 3. The molecule has 4 atom stereocenters. The summed E-state index contributed by atoms with van der Waals surface area (Å²) in [4.78, 5) is 70.6. The van der Waals surface area contributed by atoms with Gasteiger partial charge in [-0.15, -0.1) is 0 Å². The highest BCUT2D eigenvalue weighted by Gasteiger charge is 2.31. The van der Waals surface area contributed by atoms with Gasteiger partial charge in [0, 0.05) is 6.42 Å². The lowest BCUT2D eigenvalue weighted by Crippen LogP contribution is -2.57. The first-order valence-corrected chi connectivity index (χ1v) is 10.1. The van der Waals surface area contributed by atoms with Crippen molar-refractivity contribution in [2.24, 2.45) is 17.2 Å². The molecule has 0 aliphatic heterocycles. The summed E-state index contributed by atoms with van der Waals surface area (Å²) in [5, 5.41) is 33.8. The van der Waals surface area contributed by atoms with Gasteiger partial charge < -0.3 is 48.5 Å². The lowest BCUT2D eigenvalue weighted by atomic mass is 10.1. The molecule has 0 bridgehead atoms. The van der Waals surface area contributed by atoms with Gasteiger partial charge in [0.25, 0.3) is 0 Å². The molecule has 0 saturated carbocycles. The second-order valence-corrected chi connectivity index (χ2v) is 7.20. The molecule has 15 nitrogen and oxygen atoms in total. The van der Waals surface area contributed by atoms with Crippen molar-refractivity contribution >= 4 is 35.6 Å². The number of carboxylic acid groups (broad SMARTS) is 2. The number of aliphatic hydroxyl groups excluding tert-OH is 1. The predicted molar refractivity (Wildman–Crippen MR) is 112 cm³/mol. The molecule has 4 amide bonds. The molecule has 0 aromatic carbocycles. The predicted octanol–water partition coefficient (Wildman–Crippen LogP) is -4.29. The molecule has 12 N–H and O–H groups in total. The highest BCUT2D eigenvalue weighted by Crippen LogP contribution is 2.05. The number of aliphatic hydroxyl groups is 1. The number of aliphatic carboxylic acids is 2. The minimum absolute atomic E-state index is 0.0741. The summed E-state index contributed by atoms with van der Waals surface area (Å²) >= 11 is 0. The maximum atomic E-state index is 12.7. The van der Waals surface area contributed by atoms with Crippen molar-refractivity contribution in [2.75, 3.05) is 13.2 Å². The molecule has 33 heavy (non-hydrogen) atoms. The van der Waals surface area contributed by atoms with E-state index in [0.717, 1.165) is 0 Å². The van der Waals surface area contributed by atoms with E-state index in [-0.39, 0.29) is 19.3 Å². The number of unbranched alkanes of at least 4 members (excludes halogenated alkanes) is 1. The molecule has 0 aromatic heterocycles. The van der Waals surface area contributed by atoms with Crippen LogP contribution in [0.5, 0.6) is 0 Å². The van der Waals surface area contributed by atoms with Crippen molar-refractivity contribution in [3.63, 3.8) is 0 Å².